The van der Waals surface area contributed by atoms with Gasteiger partial charge >= 0.3 is 5.97 Å². The lowest BCUT2D eigenvalue weighted by Gasteiger charge is -2.12. The van der Waals surface area contributed by atoms with Crippen LogP contribution in [0.3, 0.4) is 0 Å². The van der Waals surface area contributed by atoms with E-state index >= 15 is 0 Å². The highest BCUT2D eigenvalue weighted by Crippen LogP contribution is 2.36. The number of hydrogen-bond donors (Lipinski definition) is 1. The molecule has 0 spiro atoms. The van der Waals surface area contributed by atoms with Crippen LogP contribution in [0, 0.1) is 22.7 Å². The fraction of sp³-hybridized carbons (Fsp3) is 0.176. The van der Waals surface area contributed by atoms with Crippen molar-refractivity contribution < 1.29 is 9.53 Å². The molecule has 0 atom stereocenters. The number of nitrogens with two attached hydrogens (primary N) is 1. The highest BCUT2D eigenvalue weighted by molar-refractivity contribution is 7.99. The lowest BCUT2D eigenvalue weighted by molar-refractivity contribution is -0.131. The Morgan fingerprint density at radius 2 is 1.88 bits per heavy atom. The molecule has 7 heteroatoms. The summed E-state index contributed by atoms with van der Waals surface area (Å²) in [6.07, 6.45) is 0. The molecule has 0 bridgehead atoms. The van der Waals surface area contributed by atoms with Gasteiger partial charge in [0.25, 0.3) is 0 Å². The maximum atomic E-state index is 11.0. The van der Waals surface area contributed by atoms with Crippen molar-refractivity contribution in [2.45, 2.75) is 18.9 Å². The first-order valence-corrected chi connectivity index (χ1v) is 8.05. The minimum atomic E-state index is -0.423. The number of carbonyl (C=O) groups excluding carboxylic acids is 1. The summed E-state index contributed by atoms with van der Waals surface area (Å²) >= 11 is 1.39. The first kappa shape index (κ1) is 17.3. The number of carbonyl (C=O) groups is 1. The Balaban J connectivity index is 2.66. The van der Waals surface area contributed by atoms with E-state index in [0.717, 1.165) is 5.75 Å². The number of rotatable bonds is 4. The Bertz CT molecular complexity index is 864. The summed E-state index contributed by atoms with van der Waals surface area (Å²) < 4.78 is 4.99. The predicted octanol–water partition coefficient (Wildman–Crippen LogP) is 3.11. The Hall–Kier alpha value is -3.03. The van der Waals surface area contributed by atoms with Crippen LogP contribution in [0.1, 0.15) is 25.0 Å². The van der Waals surface area contributed by atoms with Crippen molar-refractivity contribution in [1.29, 1.82) is 10.5 Å². The average Bonchev–Trinajstić information content (AvgIpc) is 2.55. The third-order valence-corrected chi connectivity index (χ3v) is 3.96. The first-order valence-electron chi connectivity index (χ1n) is 7.07. The Morgan fingerprint density at radius 3 is 2.38 bits per heavy atom. The van der Waals surface area contributed by atoms with Crippen LogP contribution in [0.2, 0.25) is 0 Å². The summed E-state index contributed by atoms with van der Waals surface area (Å²) in [6.45, 7) is 3.25. The normalized spacial score (nSPS) is 9.83. The zero-order valence-electron chi connectivity index (χ0n) is 13.2. The highest BCUT2D eigenvalue weighted by Gasteiger charge is 2.20. The van der Waals surface area contributed by atoms with Crippen LogP contribution < -0.4 is 10.5 Å². The minimum absolute atomic E-state index is 0.0894. The van der Waals surface area contributed by atoms with E-state index in [2.05, 4.69) is 11.1 Å². The van der Waals surface area contributed by atoms with Crippen molar-refractivity contribution in [2.75, 3.05) is 11.5 Å². The number of nitrogen functional groups attached to an aromatic ring is 1. The average molecular weight is 338 g/mol. The zero-order chi connectivity index (χ0) is 17.7. The maximum absolute atomic E-state index is 11.0. The Kier molecular flexibility index (Phi) is 5.41. The van der Waals surface area contributed by atoms with Crippen LogP contribution in [0.25, 0.3) is 11.1 Å². The molecule has 0 fully saturated rings. The van der Waals surface area contributed by atoms with Crippen LogP contribution in [-0.4, -0.2) is 16.7 Å². The number of nitrogens with zero attached hydrogens (tertiary/aromatic N) is 3. The van der Waals surface area contributed by atoms with Crippen molar-refractivity contribution in [1.82, 2.24) is 4.98 Å². The molecule has 0 unspecified atom stereocenters. The summed E-state index contributed by atoms with van der Waals surface area (Å²) in [6, 6.07) is 10.7. The van der Waals surface area contributed by atoms with E-state index in [0.29, 0.717) is 27.5 Å². The van der Waals surface area contributed by atoms with E-state index in [1.54, 1.807) is 24.3 Å². The van der Waals surface area contributed by atoms with Gasteiger partial charge in [-0.25, -0.2) is 4.98 Å². The maximum Gasteiger partial charge on any atom is 0.308 e. The minimum Gasteiger partial charge on any atom is -0.427 e. The molecule has 0 saturated carbocycles. The van der Waals surface area contributed by atoms with Gasteiger partial charge in [-0.3, -0.25) is 4.79 Å². The number of aromatic nitrogens is 1. The summed E-state index contributed by atoms with van der Waals surface area (Å²) in [5.41, 5.74) is 7.44. The molecule has 6 nitrogen and oxygen atoms in total. The number of pyridine rings is 1. The molecule has 1 heterocycles. The van der Waals surface area contributed by atoms with Gasteiger partial charge in [0, 0.05) is 12.5 Å². The molecule has 0 aliphatic carbocycles. The van der Waals surface area contributed by atoms with E-state index in [9.17, 15) is 15.3 Å². The lowest BCUT2D eigenvalue weighted by Crippen LogP contribution is -2.04. The van der Waals surface area contributed by atoms with Crippen molar-refractivity contribution in [3.8, 4) is 29.0 Å². The molecule has 24 heavy (non-hydrogen) atoms. The van der Waals surface area contributed by atoms with Gasteiger partial charge in [-0.1, -0.05) is 19.1 Å². The molecular weight excluding hydrogens is 324 g/mol. The molecule has 120 valence electrons. The molecule has 0 amide bonds. The summed E-state index contributed by atoms with van der Waals surface area (Å²) in [4.78, 5) is 15.2. The van der Waals surface area contributed by atoms with Crippen LogP contribution >= 0.6 is 11.8 Å². The molecule has 0 aliphatic rings. The molecule has 1 aromatic heterocycles. The molecule has 2 N–H and O–H groups in total. The third kappa shape index (κ3) is 3.48. The second kappa shape index (κ2) is 7.49. The monoisotopic (exact) mass is 338 g/mol. The second-order valence-corrected chi connectivity index (χ2v) is 5.95. The summed E-state index contributed by atoms with van der Waals surface area (Å²) in [5.74, 6) is 0.769. The SMILES string of the molecule is CCSc1nc(N)c(C#N)c(-c2ccc(OC(C)=O)cc2)c1C#N. The van der Waals surface area contributed by atoms with E-state index in [4.69, 9.17) is 10.5 Å². The van der Waals surface area contributed by atoms with Gasteiger partial charge < -0.3 is 10.5 Å². The number of esters is 1. The van der Waals surface area contributed by atoms with Gasteiger partial charge in [0.15, 0.2) is 0 Å². The summed E-state index contributed by atoms with van der Waals surface area (Å²) in [5, 5.41) is 19.5. The quantitative estimate of drug-likeness (QED) is 0.517. The van der Waals surface area contributed by atoms with Gasteiger partial charge in [0.05, 0.1) is 5.56 Å². The molecule has 0 aliphatic heterocycles. The molecule has 2 aromatic rings. The molecule has 0 saturated heterocycles. The number of thioether (sulfide) groups is 1. The predicted molar refractivity (Wildman–Crippen MR) is 91.2 cm³/mol. The number of benzene rings is 1. The van der Waals surface area contributed by atoms with Crippen molar-refractivity contribution in [2.24, 2.45) is 0 Å². The van der Waals surface area contributed by atoms with Crippen molar-refractivity contribution >= 4 is 23.5 Å². The van der Waals surface area contributed by atoms with E-state index in [1.165, 1.54) is 18.7 Å². The molecule has 0 radical (unpaired) electrons. The van der Waals surface area contributed by atoms with Crippen LogP contribution in [0.5, 0.6) is 5.75 Å². The standard InChI is InChI=1S/C17H14N4O2S/c1-3-24-17-14(9-19)15(13(8-18)16(20)21-17)11-4-6-12(7-5-11)23-10(2)22/h4-7H,3H2,1-2H3,(H2,20,21). The smallest absolute Gasteiger partial charge is 0.308 e. The van der Waals surface area contributed by atoms with E-state index in [-0.39, 0.29) is 11.4 Å². The van der Waals surface area contributed by atoms with Gasteiger partial charge in [-0.05, 0) is 23.4 Å². The van der Waals surface area contributed by atoms with E-state index < -0.39 is 5.97 Å². The number of hydrogen-bond acceptors (Lipinski definition) is 7. The van der Waals surface area contributed by atoms with Crippen LogP contribution in [0.4, 0.5) is 5.82 Å². The van der Waals surface area contributed by atoms with E-state index in [1.807, 2.05) is 13.0 Å². The van der Waals surface area contributed by atoms with Crippen LogP contribution in [-0.2, 0) is 4.79 Å². The topological polar surface area (TPSA) is 113 Å². The van der Waals surface area contributed by atoms with Crippen molar-refractivity contribution in [3.05, 3.63) is 35.4 Å². The zero-order valence-corrected chi connectivity index (χ0v) is 14.0. The molecule has 2 rings (SSSR count). The second-order valence-electron chi connectivity index (χ2n) is 4.70. The largest absolute Gasteiger partial charge is 0.427 e. The fourth-order valence-electron chi connectivity index (χ4n) is 2.18. The van der Waals surface area contributed by atoms with Gasteiger partial charge in [-0.2, -0.15) is 10.5 Å². The highest BCUT2D eigenvalue weighted by atomic mass is 32.2. The Morgan fingerprint density at radius 1 is 1.25 bits per heavy atom. The molecular formula is C17H14N4O2S. The van der Waals surface area contributed by atoms with Crippen molar-refractivity contribution in [3.63, 3.8) is 0 Å². The van der Waals surface area contributed by atoms with Gasteiger partial charge in [0.2, 0.25) is 0 Å². The third-order valence-electron chi connectivity index (χ3n) is 3.10. The van der Waals surface area contributed by atoms with Gasteiger partial charge in [0.1, 0.15) is 34.3 Å². The molecule has 1 aromatic carbocycles. The van der Waals surface area contributed by atoms with Crippen LogP contribution in [0.15, 0.2) is 29.3 Å². The Labute approximate surface area is 143 Å². The number of anilines is 1. The first-order chi connectivity index (χ1) is 11.5. The fourth-order valence-corrected chi connectivity index (χ4v) is 2.91. The van der Waals surface area contributed by atoms with Gasteiger partial charge in [-0.15, -0.1) is 11.8 Å². The summed E-state index contributed by atoms with van der Waals surface area (Å²) in [7, 11) is 0. The lowest BCUT2D eigenvalue weighted by atomic mass is 9.97. The number of nitriles is 2. The number of ether oxygens (including phenoxy) is 1.